The first-order chi connectivity index (χ1) is 8.93. The maximum atomic E-state index is 12.0. The number of carbonyl (C=O) groups is 1. The van der Waals surface area contributed by atoms with Crippen molar-refractivity contribution >= 4 is 5.97 Å². The molecule has 4 heteroatoms. The van der Waals surface area contributed by atoms with Crippen molar-refractivity contribution in [3.63, 3.8) is 0 Å². The van der Waals surface area contributed by atoms with Crippen LogP contribution in [0.3, 0.4) is 0 Å². The van der Waals surface area contributed by atoms with E-state index in [4.69, 9.17) is 11.3 Å². The summed E-state index contributed by atoms with van der Waals surface area (Å²) in [6.07, 6.45) is -0.307. The number of benzene rings is 1. The first-order valence-corrected chi connectivity index (χ1v) is 6.00. The van der Waals surface area contributed by atoms with E-state index < -0.39 is 11.5 Å². The summed E-state index contributed by atoms with van der Waals surface area (Å²) < 4.78 is 5.02. The Morgan fingerprint density at radius 1 is 1.47 bits per heavy atom. The van der Waals surface area contributed by atoms with Crippen LogP contribution in [0.2, 0.25) is 0 Å². The van der Waals surface area contributed by atoms with Crippen molar-refractivity contribution in [3.05, 3.63) is 46.8 Å². The highest BCUT2D eigenvalue weighted by Gasteiger charge is 2.48. The van der Waals surface area contributed by atoms with Crippen LogP contribution in [0.25, 0.3) is 4.85 Å². The van der Waals surface area contributed by atoms with E-state index >= 15 is 0 Å². The van der Waals surface area contributed by atoms with Gasteiger partial charge in [-0.1, -0.05) is 29.8 Å². The van der Waals surface area contributed by atoms with Gasteiger partial charge in [0.2, 0.25) is 0 Å². The summed E-state index contributed by atoms with van der Waals surface area (Å²) in [7, 11) is 0. The molecule has 98 valence electrons. The van der Waals surface area contributed by atoms with Crippen LogP contribution in [0.15, 0.2) is 24.3 Å². The fraction of sp³-hybridized carbons (Fsp3) is 0.400. The summed E-state index contributed by atoms with van der Waals surface area (Å²) in [6, 6.07) is 9.20. The first kappa shape index (κ1) is 14.7. The third kappa shape index (κ3) is 3.56. The summed E-state index contributed by atoms with van der Waals surface area (Å²) in [5.74, 6) is -0.777. The number of esters is 1. The Morgan fingerprint density at radius 2 is 2.05 bits per heavy atom. The van der Waals surface area contributed by atoms with Crippen molar-refractivity contribution < 1.29 is 9.53 Å². The second-order valence-corrected chi connectivity index (χ2v) is 4.70. The summed E-state index contributed by atoms with van der Waals surface area (Å²) in [6.45, 7) is 12.5. The molecule has 1 aromatic carbocycles. The zero-order valence-corrected chi connectivity index (χ0v) is 11.3. The van der Waals surface area contributed by atoms with Crippen LogP contribution in [0.1, 0.15) is 25.0 Å². The van der Waals surface area contributed by atoms with Gasteiger partial charge in [0.1, 0.15) is 0 Å². The van der Waals surface area contributed by atoms with E-state index in [-0.39, 0.29) is 12.5 Å². The highest BCUT2D eigenvalue weighted by Crippen LogP contribution is 2.21. The molecule has 0 amide bonds. The molecule has 4 nitrogen and oxygen atoms in total. The lowest BCUT2D eigenvalue weighted by atomic mass is 9.92. The zero-order valence-electron chi connectivity index (χ0n) is 11.3. The van der Waals surface area contributed by atoms with E-state index in [1.54, 1.807) is 19.9 Å². The smallest absolute Gasteiger partial charge is 0.413 e. The summed E-state index contributed by atoms with van der Waals surface area (Å²) >= 11 is 0. The number of hydrogen-bond donors (Lipinski definition) is 0. The fourth-order valence-corrected chi connectivity index (χ4v) is 1.58. The minimum Gasteiger partial charge on any atom is -0.456 e. The van der Waals surface area contributed by atoms with Gasteiger partial charge in [0.15, 0.2) is 6.07 Å². The fourth-order valence-electron chi connectivity index (χ4n) is 1.58. The van der Waals surface area contributed by atoms with Crippen molar-refractivity contribution in [2.24, 2.45) is 0 Å². The van der Waals surface area contributed by atoms with Gasteiger partial charge < -0.3 is 4.74 Å². The molecule has 0 heterocycles. The Kier molecular flexibility index (Phi) is 4.67. The van der Waals surface area contributed by atoms with Gasteiger partial charge in [0.05, 0.1) is 12.5 Å². The molecule has 1 atom stereocenters. The van der Waals surface area contributed by atoms with Crippen LogP contribution in [-0.2, 0) is 16.0 Å². The minimum atomic E-state index is -1.79. The van der Waals surface area contributed by atoms with E-state index in [0.717, 1.165) is 11.1 Å². The van der Waals surface area contributed by atoms with Gasteiger partial charge in [-0.3, -0.25) is 4.85 Å². The molecule has 0 aliphatic carbocycles. The molecule has 1 unspecified atom stereocenters. The van der Waals surface area contributed by atoms with Gasteiger partial charge in [-0.15, -0.1) is 0 Å². The summed E-state index contributed by atoms with van der Waals surface area (Å²) in [5, 5.41) is 9.21. The highest BCUT2D eigenvalue weighted by molar-refractivity contribution is 5.87. The van der Waals surface area contributed by atoms with Crippen molar-refractivity contribution in [2.45, 2.75) is 38.8 Å². The Hall–Kier alpha value is -2.33. The van der Waals surface area contributed by atoms with E-state index in [0.29, 0.717) is 0 Å². The summed E-state index contributed by atoms with van der Waals surface area (Å²) in [5.41, 5.74) is 0.0576. The van der Waals surface area contributed by atoms with Crippen molar-refractivity contribution in [3.8, 4) is 6.07 Å². The van der Waals surface area contributed by atoms with Crippen molar-refractivity contribution in [1.29, 1.82) is 5.26 Å². The highest BCUT2D eigenvalue weighted by atomic mass is 16.5. The molecule has 0 bridgehead atoms. The van der Waals surface area contributed by atoms with Crippen molar-refractivity contribution in [2.75, 3.05) is 0 Å². The number of rotatable bonds is 4. The predicted molar refractivity (Wildman–Crippen MR) is 71.1 cm³/mol. The van der Waals surface area contributed by atoms with E-state index in [1.807, 2.05) is 31.2 Å². The average Bonchev–Trinajstić information content (AvgIpc) is 2.37. The molecule has 0 N–H and O–H groups in total. The van der Waals surface area contributed by atoms with Crippen LogP contribution in [0.4, 0.5) is 0 Å². The third-order valence-electron chi connectivity index (χ3n) is 2.64. The SMILES string of the molecule is [C-]#[N+]C(C#N)(Cc1ccc(C)cc1)C(=O)OC(C)C. The second-order valence-electron chi connectivity index (χ2n) is 4.70. The molecule has 0 aliphatic heterocycles. The largest absolute Gasteiger partial charge is 0.456 e. The molecule has 1 aromatic rings. The lowest BCUT2D eigenvalue weighted by Crippen LogP contribution is -2.39. The van der Waals surface area contributed by atoms with E-state index in [9.17, 15) is 10.1 Å². The molecular formula is C15H16N2O2. The average molecular weight is 256 g/mol. The standard InChI is InChI=1S/C15H16N2O2/c1-11(2)19-14(18)15(10-16,17-4)9-13-7-5-12(3)6-8-13/h5-8,11H,9H2,1-3H3. The number of carbonyl (C=O) groups excluding carboxylic acids is 1. The molecule has 0 spiro atoms. The third-order valence-corrected chi connectivity index (χ3v) is 2.64. The second kappa shape index (κ2) is 6.02. The molecule has 0 saturated heterocycles. The van der Waals surface area contributed by atoms with Gasteiger partial charge in [0, 0.05) is 0 Å². The Bertz CT molecular complexity index is 519. The van der Waals surface area contributed by atoms with Crippen molar-refractivity contribution in [1.82, 2.24) is 0 Å². The molecule has 19 heavy (non-hydrogen) atoms. The molecular weight excluding hydrogens is 240 g/mol. The molecule has 0 aliphatic rings. The molecule has 0 fully saturated rings. The maximum Gasteiger partial charge on any atom is 0.413 e. The molecule has 0 aromatic heterocycles. The van der Waals surface area contributed by atoms with Gasteiger partial charge >= 0.3 is 11.5 Å². The minimum absolute atomic E-state index is 0.0405. The van der Waals surface area contributed by atoms with Crippen LogP contribution < -0.4 is 0 Å². The maximum absolute atomic E-state index is 12.0. The molecule has 0 radical (unpaired) electrons. The Labute approximate surface area is 113 Å². The lowest BCUT2D eigenvalue weighted by molar-refractivity contribution is -0.150. The normalized spacial score (nSPS) is 13.2. The van der Waals surface area contributed by atoms with Crippen LogP contribution >= 0.6 is 0 Å². The van der Waals surface area contributed by atoms with E-state index in [2.05, 4.69) is 4.85 Å². The number of hydrogen-bond acceptors (Lipinski definition) is 3. The predicted octanol–water partition coefficient (Wildman–Crippen LogP) is 2.67. The van der Waals surface area contributed by atoms with Gasteiger partial charge in [0.25, 0.3) is 0 Å². The number of aryl methyl sites for hydroxylation is 1. The summed E-state index contributed by atoms with van der Waals surface area (Å²) in [4.78, 5) is 15.2. The molecule has 1 rings (SSSR count). The van der Waals surface area contributed by atoms with Crippen LogP contribution in [-0.4, -0.2) is 17.6 Å². The van der Waals surface area contributed by atoms with Crippen LogP contribution in [0, 0.1) is 24.8 Å². The monoisotopic (exact) mass is 256 g/mol. The van der Waals surface area contributed by atoms with E-state index in [1.165, 1.54) is 0 Å². The number of nitrogens with zero attached hydrogens (tertiary/aromatic N) is 2. The topological polar surface area (TPSA) is 54.5 Å². The van der Waals surface area contributed by atoms with Crippen LogP contribution in [0.5, 0.6) is 0 Å². The quantitative estimate of drug-likeness (QED) is 0.614. The zero-order chi connectivity index (χ0) is 14.5. The van der Waals surface area contributed by atoms with Gasteiger partial charge in [-0.05, 0) is 26.3 Å². The van der Waals surface area contributed by atoms with Gasteiger partial charge in [-0.2, -0.15) is 5.26 Å². The molecule has 0 saturated carbocycles. The number of ether oxygens (including phenoxy) is 1. The first-order valence-electron chi connectivity index (χ1n) is 6.00. The van der Waals surface area contributed by atoms with Gasteiger partial charge in [-0.25, -0.2) is 11.4 Å². The number of nitriles is 1. The Balaban J connectivity index is 3.01. The lowest BCUT2D eigenvalue weighted by Gasteiger charge is -2.15. The Morgan fingerprint density at radius 3 is 2.47 bits per heavy atom.